The van der Waals surface area contributed by atoms with E-state index in [4.69, 9.17) is 24.1 Å². The van der Waals surface area contributed by atoms with Crippen LogP contribution in [0.25, 0.3) is 0 Å². The van der Waals surface area contributed by atoms with Crippen molar-refractivity contribution in [3.05, 3.63) is 53.1 Å². The fourth-order valence-corrected chi connectivity index (χ4v) is 7.27. The van der Waals surface area contributed by atoms with Crippen LogP contribution in [0.5, 0.6) is 17.2 Å². The number of likely N-dealkylation sites (N-methyl/N-ethyl adjacent to an activating group) is 1. The number of piperidine rings is 1. The molecule has 2 aliphatic carbocycles. The Morgan fingerprint density at radius 3 is 2.61 bits per heavy atom. The summed E-state index contributed by atoms with van der Waals surface area (Å²) in [6, 6.07) is 12.3. The van der Waals surface area contributed by atoms with Crippen molar-refractivity contribution in [3.8, 4) is 17.2 Å². The highest BCUT2D eigenvalue weighted by Crippen LogP contribution is 2.63. The summed E-state index contributed by atoms with van der Waals surface area (Å²) in [5.41, 5.74) is 3.51. The summed E-state index contributed by atoms with van der Waals surface area (Å²) >= 11 is 0. The molecule has 204 valence electrons. The van der Waals surface area contributed by atoms with Gasteiger partial charge in [-0.25, -0.2) is 0 Å². The number of aliphatic carboxylic acids is 1. The van der Waals surface area contributed by atoms with Gasteiger partial charge in [-0.3, -0.25) is 9.59 Å². The number of ether oxygens (including phenoxy) is 3. The van der Waals surface area contributed by atoms with Gasteiger partial charge in [0.1, 0.15) is 18.0 Å². The highest BCUT2D eigenvalue weighted by molar-refractivity contribution is 5.70. The van der Waals surface area contributed by atoms with E-state index in [-0.39, 0.29) is 29.3 Å². The number of hydrogen-bond acceptors (Lipinski definition) is 7. The Kier molecular flexibility index (Phi) is 7.27. The Balaban J connectivity index is 0.000000689. The van der Waals surface area contributed by atoms with Gasteiger partial charge in [0.2, 0.25) is 0 Å². The normalized spacial score (nSPS) is 28.3. The van der Waals surface area contributed by atoms with E-state index in [1.54, 1.807) is 13.2 Å². The van der Waals surface area contributed by atoms with E-state index in [9.17, 15) is 9.90 Å². The fourth-order valence-electron chi connectivity index (χ4n) is 7.27. The van der Waals surface area contributed by atoms with Crippen molar-refractivity contribution < 1.29 is 34.0 Å². The van der Waals surface area contributed by atoms with Gasteiger partial charge in [-0.1, -0.05) is 18.2 Å². The Bertz CT molecular complexity index is 1190. The number of hydrogen-bond donors (Lipinski definition) is 2. The molecule has 2 heterocycles. The number of carboxylic acids is 1. The number of carbonyl (C=O) groups is 2. The minimum atomic E-state index is -0.833. The molecule has 2 fully saturated rings. The van der Waals surface area contributed by atoms with Gasteiger partial charge < -0.3 is 29.3 Å². The molecule has 0 unspecified atom stereocenters. The predicted octanol–water partition coefficient (Wildman–Crippen LogP) is 4.10. The number of methoxy groups -OCH3 is 1. The molecule has 8 nitrogen and oxygen atoms in total. The first-order chi connectivity index (χ1) is 18.2. The highest BCUT2D eigenvalue weighted by Gasteiger charge is 2.66. The molecular formula is C30H37NO7. The van der Waals surface area contributed by atoms with Gasteiger partial charge in [-0.05, 0) is 87.4 Å². The van der Waals surface area contributed by atoms with Crippen LogP contribution in [-0.4, -0.2) is 66.0 Å². The lowest BCUT2D eigenvalue weighted by Crippen LogP contribution is -2.66. The molecule has 2 bridgehead atoms. The summed E-state index contributed by atoms with van der Waals surface area (Å²) < 4.78 is 17.8. The van der Waals surface area contributed by atoms with Crippen LogP contribution in [0.1, 0.15) is 55.7 Å². The zero-order valence-electron chi connectivity index (χ0n) is 22.3. The second-order valence-electron chi connectivity index (χ2n) is 11.0. The number of rotatable bonds is 6. The van der Waals surface area contributed by atoms with Crippen LogP contribution in [0, 0.1) is 5.92 Å². The molecule has 2 aliphatic heterocycles. The van der Waals surface area contributed by atoms with Crippen molar-refractivity contribution in [1.29, 1.82) is 0 Å². The Morgan fingerprint density at radius 1 is 1.16 bits per heavy atom. The lowest BCUT2D eigenvalue weighted by Gasteiger charge is -2.58. The highest BCUT2D eigenvalue weighted by atomic mass is 16.6. The third-order valence-electron chi connectivity index (χ3n) is 8.83. The monoisotopic (exact) mass is 523 g/mol. The largest absolute Gasteiger partial charge is 0.504 e. The van der Waals surface area contributed by atoms with Gasteiger partial charge in [0, 0.05) is 30.4 Å². The Hall–Kier alpha value is -3.26. The lowest BCUT2D eigenvalue weighted by molar-refractivity contribution is -0.166. The lowest BCUT2D eigenvalue weighted by atomic mass is 9.51. The first-order valence-electron chi connectivity index (χ1n) is 13.5. The third kappa shape index (κ3) is 4.59. The van der Waals surface area contributed by atoms with E-state index in [2.05, 4.69) is 18.0 Å². The Morgan fingerprint density at radius 2 is 1.89 bits per heavy atom. The van der Waals surface area contributed by atoms with Gasteiger partial charge in [0.25, 0.3) is 5.97 Å². The minimum Gasteiger partial charge on any atom is -0.504 e. The zero-order chi connectivity index (χ0) is 27.0. The topological polar surface area (TPSA) is 106 Å². The molecule has 0 aromatic heterocycles. The molecule has 1 spiro atoms. The van der Waals surface area contributed by atoms with Crippen LogP contribution in [0.3, 0.4) is 0 Å². The maximum Gasteiger partial charge on any atom is 0.306 e. The molecule has 2 aromatic rings. The van der Waals surface area contributed by atoms with Crippen LogP contribution in [0.15, 0.2) is 36.4 Å². The predicted molar refractivity (Wildman–Crippen MR) is 141 cm³/mol. The third-order valence-corrected chi connectivity index (χ3v) is 8.83. The van der Waals surface area contributed by atoms with Crippen LogP contribution < -0.4 is 9.47 Å². The number of esters is 1. The molecule has 8 heteroatoms. The van der Waals surface area contributed by atoms with Crippen LogP contribution in [0.2, 0.25) is 0 Å². The number of benzene rings is 2. The molecule has 0 amide bonds. The van der Waals surface area contributed by atoms with Gasteiger partial charge in [0.05, 0.1) is 7.11 Å². The fraction of sp³-hybridized carbons (Fsp3) is 0.533. The summed E-state index contributed by atoms with van der Waals surface area (Å²) in [6.07, 6.45) is 5.29. The van der Waals surface area contributed by atoms with Crippen LogP contribution >= 0.6 is 0 Å². The second-order valence-corrected chi connectivity index (χ2v) is 11.0. The quantitative estimate of drug-likeness (QED) is 0.546. The molecule has 0 radical (unpaired) electrons. The number of aromatic hydroxyl groups is 1. The number of carbonyl (C=O) groups excluding carboxylic acids is 1. The molecule has 5 atom stereocenters. The first kappa shape index (κ1) is 26.4. The smallest absolute Gasteiger partial charge is 0.306 e. The zero-order valence-corrected chi connectivity index (χ0v) is 22.3. The van der Waals surface area contributed by atoms with Crippen molar-refractivity contribution in [2.45, 2.75) is 75.5 Å². The average Bonchev–Trinajstić information content (AvgIpc) is 3.24. The van der Waals surface area contributed by atoms with E-state index in [0.29, 0.717) is 24.1 Å². The summed E-state index contributed by atoms with van der Waals surface area (Å²) in [6.45, 7) is 2.08. The molecule has 1 saturated carbocycles. The van der Waals surface area contributed by atoms with E-state index < -0.39 is 5.97 Å². The van der Waals surface area contributed by atoms with E-state index >= 15 is 0 Å². The summed E-state index contributed by atoms with van der Waals surface area (Å²) in [4.78, 5) is 24.4. The second kappa shape index (κ2) is 10.5. The summed E-state index contributed by atoms with van der Waals surface area (Å²) in [7, 11) is 3.88. The molecule has 4 aliphatic rings. The van der Waals surface area contributed by atoms with Crippen molar-refractivity contribution in [2.24, 2.45) is 5.92 Å². The number of nitrogens with zero attached hydrogens (tertiary/aromatic N) is 1. The maximum atomic E-state index is 12.9. The number of carboxylic acid groups (broad SMARTS) is 1. The standard InChI is InChI=1S/C28H33NO5.C2H4O2/c1-29-15-14-28-20-11-13-23(33-24(31)5-3-4-17-6-9-19(32-2)10-7-17)27(28)34-26-22(30)12-8-18(25(26)28)16-21(20)29;1-2(3)4/h6-10,12,20-21,23,27,30H,3-5,11,13-16H2,1-2H3;1H3,(H,3,4)/t20-,21+,23-,27-,28-;/m0./s1. The maximum absolute atomic E-state index is 12.9. The molecule has 6 rings (SSSR count). The average molecular weight is 524 g/mol. The van der Waals surface area contributed by atoms with Crippen molar-refractivity contribution in [3.63, 3.8) is 0 Å². The van der Waals surface area contributed by atoms with Crippen LogP contribution in [0.4, 0.5) is 0 Å². The van der Waals surface area contributed by atoms with Crippen LogP contribution in [-0.2, 0) is 32.6 Å². The van der Waals surface area contributed by atoms with Crippen molar-refractivity contribution in [2.75, 3.05) is 20.7 Å². The number of phenols is 1. The number of aryl methyl sites for hydroxylation is 1. The van der Waals surface area contributed by atoms with Gasteiger partial charge >= 0.3 is 5.97 Å². The molecule has 38 heavy (non-hydrogen) atoms. The first-order valence-corrected chi connectivity index (χ1v) is 13.5. The number of likely N-dealkylation sites (tertiary alicyclic amines) is 1. The van der Waals surface area contributed by atoms with Crippen molar-refractivity contribution >= 4 is 11.9 Å². The van der Waals surface area contributed by atoms with Gasteiger partial charge in [-0.2, -0.15) is 0 Å². The SMILES string of the molecule is CC(=O)O.COc1ccc(CCCC(=O)O[C@H]2CC[C@H]3[C@H]4Cc5ccc(O)c6c5[C@@]3(CCN4C)[C@H]2O6)cc1. The van der Waals surface area contributed by atoms with E-state index in [0.717, 1.165) is 57.7 Å². The van der Waals surface area contributed by atoms with Crippen molar-refractivity contribution in [1.82, 2.24) is 4.90 Å². The van der Waals surface area contributed by atoms with Gasteiger partial charge in [-0.15, -0.1) is 0 Å². The minimum absolute atomic E-state index is 0.155. The van der Waals surface area contributed by atoms with E-state index in [1.165, 1.54) is 16.7 Å². The molecule has 2 N–H and O–H groups in total. The number of phenolic OH excluding ortho intramolecular Hbond substituents is 1. The Labute approximate surface area is 223 Å². The molecule has 2 aromatic carbocycles. The molecule has 1 saturated heterocycles. The molecular weight excluding hydrogens is 486 g/mol. The summed E-state index contributed by atoms with van der Waals surface area (Å²) in [5.74, 6) is 1.17. The van der Waals surface area contributed by atoms with E-state index in [1.807, 2.05) is 24.3 Å². The summed E-state index contributed by atoms with van der Waals surface area (Å²) in [5, 5.41) is 18.1. The van der Waals surface area contributed by atoms with Gasteiger partial charge in [0.15, 0.2) is 11.5 Å².